The standard InChI is InChI=1S/C18H22ClN3O2/c1-13(2)17-15(10-19)22-9-8-21(11-16(22)20-17)18(23)24-12-14-6-4-3-5-7-14/h3-7,13H,8-12H2,1-2H3. The molecule has 0 aliphatic carbocycles. The highest BCUT2D eigenvalue weighted by molar-refractivity contribution is 6.17. The number of benzene rings is 1. The zero-order valence-corrected chi connectivity index (χ0v) is 14.8. The molecule has 0 spiro atoms. The van der Waals surface area contributed by atoms with Crippen molar-refractivity contribution in [3.8, 4) is 0 Å². The molecule has 1 aromatic carbocycles. The lowest BCUT2D eigenvalue weighted by Gasteiger charge is -2.27. The summed E-state index contributed by atoms with van der Waals surface area (Å²) in [7, 11) is 0. The summed E-state index contributed by atoms with van der Waals surface area (Å²) >= 11 is 6.10. The van der Waals surface area contributed by atoms with E-state index < -0.39 is 0 Å². The number of halogens is 1. The molecule has 0 fully saturated rings. The second kappa shape index (κ2) is 7.26. The van der Waals surface area contributed by atoms with Gasteiger partial charge in [-0.25, -0.2) is 9.78 Å². The number of amides is 1. The van der Waals surface area contributed by atoms with E-state index in [0.717, 1.165) is 22.8 Å². The fourth-order valence-electron chi connectivity index (χ4n) is 2.98. The Labute approximate surface area is 147 Å². The summed E-state index contributed by atoms with van der Waals surface area (Å²) in [5.41, 5.74) is 3.08. The molecule has 0 N–H and O–H groups in total. The van der Waals surface area contributed by atoms with Crippen LogP contribution in [-0.2, 0) is 30.3 Å². The normalized spacial score (nSPS) is 13.9. The molecule has 0 radical (unpaired) electrons. The van der Waals surface area contributed by atoms with Crippen molar-refractivity contribution in [3.63, 3.8) is 0 Å². The lowest BCUT2D eigenvalue weighted by Crippen LogP contribution is -2.39. The third kappa shape index (κ3) is 3.41. The van der Waals surface area contributed by atoms with Gasteiger partial charge >= 0.3 is 6.09 Å². The van der Waals surface area contributed by atoms with Crippen LogP contribution < -0.4 is 0 Å². The molecular formula is C18H22ClN3O2. The molecule has 24 heavy (non-hydrogen) atoms. The molecule has 1 amide bonds. The van der Waals surface area contributed by atoms with Crippen LogP contribution in [-0.4, -0.2) is 27.1 Å². The van der Waals surface area contributed by atoms with Crippen LogP contribution in [0.3, 0.4) is 0 Å². The summed E-state index contributed by atoms with van der Waals surface area (Å²) in [5, 5.41) is 0. The van der Waals surface area contributed by atoms with E-state index in [1.165, 1.54) is 0 Å². The van der Waals surface area contributed by atoms with Gasteiger partial charge in [-0.1, -0.05) is 44.2 Å². The zero-order valence-electron chi connectivity index (χ0n) is 14.0. The van der Waals surface area contributed by atoms with Crippen molar-refractivity contribution in [3.05, 3.63) is 53.1 Å². The largest absolute Gasteiger partial charge is 0.445 e. The quantitative estimate of drug-likeness (QED) is 0.788. The number of hydrogen-bond donors (Lipinski definition) is 0. The number of carbonyl (C=O) groups is 1. The number of ether oxygens (including phenoxy) is 1. The highest BCUT2D eigenvalue weighted by Crippen LogP contribution is 2.25. The molecule has 3 rings (SSSR count). The van der Waals surface area contributed by atoms with Crippen LogP contribution >= 0.6 is 11.6 Å². The first-order valence-corrected chi connectivity index (χ1v) is 8.73. The van der Waals surface area contributed by atoms with Crippen molar-refractivity contribution >= 4 is 17.7 Å². The third-order valence-corrected chi connectivity index (χ3v) is 4.50. The molecule has 0 unspecified atom stereocenters. The number of hydrogen-bond acceptors (Lipinski definition) is 3. The van der Waals surface area contributed by atoms with E-state index in [0.29, 0.717) is 31.4 Å². The second-order valence-corrected chi connectivity index (χ2v) is 6.53. The molecule has 0 saturated carbocycles. The molecule has 1 aliphatic rings. The smallest absolute Gasteiger partial charge is 0.410 e. The first kappa shape index (κ1) is 16.8. The van der Waals surface area contributed by atoms with E-state index in [4.69, 9.17) is 21.3 Å². The topological polar surface area (TPSA) is 47.4 Å². The maximum atomic E-state index is 12.3. The molecule has 5 nitrogen and oxygen atoms in total. The fraction of sp³-hybridized carbons (Fsp3) is 0.444. The van der Waals surface area contributed by atoms with E-state index in [9.17, 15) is 4.79 Å². The minimum absolute atomic E-state index is 0.286. The van der Waals surface area contributed by atoms with Gasteiger partial charge in [0.25, 0.3) is 0 Å². The van der Waals surface area contributed by atoms with Gasteiger partial charge in [0, 0.05) is 13.1 Å². The summed E-state index contributed by atoms with van der Waals surface area (Å²) in [6.45, 7) is 6.28. The monoisotopic (exact) mass is 347 g/mol. The molecule has 6 heteroatoms. The van der Waals surface area contributed by atoms with Gasteiger partial charge in [0.15, 0.2) is 0 Å². The minimum Gasteiger partial charge on any atom is -0.445 e. The number of fused-ring (bicyclic) bond motifs is 1. The van der Waals surface area contributed by atoms with Crippen LogP contribution in [0.1, 0.15) is 42.5 Å². The minimum atomic E-state index is -0.299. The van der Waals surface area contributed by atoms with Gasteiger partial charge in [0.05, 0.1) is 23.8 Å². The molecule has 0 saturated heterocycles. The number of nitrogens with zero attached hydrogens (tertiary/aromatic N) is 3. The van der Waals surface area contributed by atoms with Gasteiger partial charge in [-0.05, 0) is 11.5 Å². The van der Waals surface area contributed by atoms with E-state index >= 15 is 0 Å². The van der Waals surface area contributed by atoms with Gasteiger partial charge in [-0.2, -0.15) is 0 Å². The van der Waals surface area contributed by atoms with Crippen LogP contribution in [0.15, 0.2) is 30.3 Å². The Morgan fingerprint density at radius 3 is 2.71 bits per heavy atom. The van der Waals surface area contributed by atoms with Crippen molar-refractivity contribution in [2.75, 3.05) is 6.54 Å². The van der Waals surface area contributed by atoms with Crippen LogP contribution in [0.4, 0.5) is 4.79 Å². The molecular weight excluding hydrogens is 326 g/mol. The second-order valence-electron chi connectivity index (χ2n) is 6.26. The Morgan fingerprint density at radius 1 is 1.29 bits per heavy atom. The zero-order chi connectivity index (χ0) is 17.1. The summed E-state index contributed by atoms with van der Waals surface area (Å²) in [5.74, 6) is 1.64. The molecule has 128 valence electrons. The van der Waals surface area contributed by atoms with Gasteiger partial charge in [0.1, 0.15) is 12.4 Å². The molecule has 1 aliphatic heterocycles. The third-order valence-electron chi connectivity index (χ3n) is 4.25. The van der Waals surface area contributed by atoms with Gasteiger partial charge < -0.3 is 9.30 Å². The van der Waals surface area contributed by atoms with E-state index in [-0.39, 0.29) is 12.7 Å². The Kier molecular flexibility index (Phi) is 5.09. The predicted molar refractivity (Wildman–Crippen MR) is 92.9 cm³/mol. The van der Waals surface area contributed by atoms with E-state index in [2.05, 4.69) is 18.4 Å². The van der Waals surface area contributed by atoms with Gasteiger partial charge in [-0.3, -0.25) is 4.90 Å². The Balaban J connectivity index is 1.67. The lowest BCUT2D eigenvalue weighted by molar-refractivity contribution is 0.0860. The average Bonchev–Trinajstić information content (AvgIpc) is 2.98. The Bertz CT molecular complexity index is 713. The van der Waals surface area contributed by atoms with E-state index in [1.807, 2.05) is 30.3 Å². The lowest BCUT2D eigenvalue weighted by atomic mass is 10.1. The first-order chi connectivity index (χ1) is 11.6. The molecule has 0 bridgehead atoms. The number of aromatic nitrogens is 2. The highest BCUT2D eigenvalue weighted by atomic mass is 35.5. The van der Waals surface area contributed by atoms with Crippen molar-refractivity contribution in [1.82, 2.24) is 14.5 Å². The van der Waals surface area contributed by atoms with Crippen molar-refractivity contribution < 1.29 is 9.53 Å². The van der Waals surface area contributed by atoms with Crippen LogP contribution in [0.2, 0.25) is 0 Å². The average molecular weight is 348 g/mol. The number of imidazole rings is 1. The summed E-state index contributed by atoms with van der Waals surface area (Å²) in [6.07, 6.45) is -0.299. The van der Waals surface area contributed by atoms with Crippen LogP contribution in [0, 0.1) is 0 Å². The predicted octanol–water partition coefficient (Wildman–Crippen LogP) is 3.90. The molecule has 0 atom stereocenters. The maximum Gasteiger partial charge on any atom is 0.410 e. The van der Waals surface area contributed by atoms with Crippen molar-refractivity contribution in [1.29, 1.82) is 0 Å². The summed E-state index contributed by atoms with van der Waals surface area (Å²) in [6, 6.07) is 9.69. The fourth-order valence-corrected chi connectivity index (χ4v) is 3.26. The summed E-state index contributed by atoms with van der Waals surface area (Å²) < 4.78 is 7.56. The van der Waals surface area contributed by atoms with Crippen LogP contribution in [0.5, 0.6) is 0 Å². The van der Waals surface area contributed by atoms with Gasteiger partial charge in [-0.15, -0.1) is 11.6 Å². The first-order valence-electron chi connectivity index (χ1n) is 8.20. The maximum absolute atomic E-state index is 12.3. The van der Waals surface area contributed by atoms with Crippen molar-refractivity contribution in [2.24, 2.45) is 0 Å². The SMILES string of the molecule is CC(C)c1nc2n(c1CCl)CCN(C(=O)OCc1ccccc1)C2. The Morgan fingerprint density at radius 2 is 2.04 bits per heavy atom. The summed E-state index contributed by atoms with van der Waals surface area (Å²) in [4.78, 5) is 18.7. The Hall–Kier alpha value is -2.01. The number of carbonyl (C=O) groups excluding carboxylic acids is 1. The number of rotatable bonds is 4. The van der Waals surface area contributed by atoms with Gasteiger partial charge in [0.2, 0.25) is 0 Å². The van der Waals surface area contributed by atoms with Crippen LogP contribution in [0.25, 0.3) is 0 Å². The van der Waals surface area contributed by atoms with Crippen molar-refractivity contribution in [2.45, 2.75) is 45.3 Å². The van der Waals surface area contributed by atoms with E-state index in [1.54, 1.807) is 4.90 Å². The number of alkyl halides is 1. The molecule has 1 aromatic heterocycles. The molecule has 2 aromatic rings. The highest BCUT2D eigenvalue weighted by Gasteiger charge is 2.27. The molecule has 2 heterocycles.